The van der Waals surface area contributed by atoms with Gasteiger partial charge in [-0.15, -0.1) is 0 Å². The van der Waals surface area contributed by atoms with Crippen LogP contribution < -0.4 is 11.3 Å². The molecule has 98 valence electrons. The van der Waals surface area contributed by atoms with Crippen LogP contribution in [-0.2, 0) is 13.5 Å². The molecule has 2 rings (SSSR count). The molecule has 0 radical (unpaired) electrons. The van der Waals surface area contributed by atoms with E-state index in [0.29, 0.717) is 5.92 Å². The first-order valence-corrected chi connectivity index (χ1v) is 6.54. The second kappa shape index (κ2) is 5.50. The van der Waals surface area contributed by atoms with Crippen LogP contribution in [0.5, 0.6) is 0 Å². The minimum Gasteiger partial charge on any atom is -0.271 e. The molecule has 0 bridgehead atoms. The molecule has 3 N–H and O–H groups in total. The van der Waals surface area contributed by atoms with Crippen molar-refractivity contribution in [3.8, 4) is 0 Å². The molecule has 2 unspecified atom stereocenters. The number of fused-ring (bicyclic) bond motifs is 1. The molecule has 0 saturated carbocycles. The Hall–Kier alpha value is -1.39. The Morgan fingerprint density at radius 1 is 1.39 bits per heavy atom. The van der Waals surface area contributed by atoms with Gasteiger partial charge in [-0.2, -0.15) is 5.10 Å². The van der Waals surface area contributed by atoms with E-state index in [1.165, 1.54) is 10.9 Å². The average Bonchev–Trinajstić information content (AvgIpc) is 2.72. The van der Waals surface area contributed by atoms with Crippen LogP contribution in [0.4, 0.5) is 0 Å². The summed E-state index contributed by atoms with van der Waals surface area (Å²) in [6.45, 7) is 4.40. The van der Waals surface area contributed by atoms with E-state index in [0.717, 1.165) is 18.5 Å². The molecule has 0 aliphatic heterocycles. The van der Waals surface area contributed by atoms with Crippen molar-refractivity contribution in [2.24, 2.45) is 18.8 Å². The molecule has 2 aromatic rings. The lowest BCUT2D eigenvalue weighted by molar-refractivity contribution is 0.367. The van der Waals surface area contributed by atoms with Gasteiger partial charge in [0.25, 0.3) is 0 Å². The molecule has 1 aromatic heterocycles. The third-order valence-corrected chi connectivity index (χ3v) is 3.79. The zero-order valence-electron chi connectivity index (χ0n) is 11.4. The Labute approximate surface area is 108 Å². The Bertz CT molecular complexity index is 517. The molecule has 4 heteroatoms. The van der Waals surface area contributed by atoms with Gasteiger partial charge in [0.1, 0.15) is 0 Å². The molecule has 0 aliphatic carbocycles. The number of hydrogen-bond acceptors (Lipinski definition) is 3. The highest BCUT2D eigenvalue weighted by Gasteiger charge is 2.18. The summed E-state index contributed by atoms with van der Waals surface area (Å²) in [5.41, 5.74) is 5.22. The van der Waals surface area contributed by atoms with Crippen LogP contribution in [-0.4, -0.2) is 15.8 Å². The molecule has 4 nitrogen and oxygen atoms in total. The minimum absolute atomic E-state index is 0.272. The topological polar surface area (TPSA) is 55.9 Å². The summed E-state index contributed by atoms with van der Waals surface area (Å²) in [6, 6.07) is 8.60. The second-order valence-corrected chi connectivity index (χ2v) is 4.95. The molecule has 2 atom stereocenters. The SMILES string of the molecule is CCC(C)C(Cc1nn(C)c2ccccc12)NN. The molecule has 18 heavy (non-hydrogen) atoms. The number of nitrogens with zero attached hydrogens (tertiary/aromatic N) is 2. The van der Waals surface area contributed by atoms with Crippen LogP contribution in [0.3, 0.4) is 0 Å². The maximum atomic E-state index is 5.66. The first kappa shape index (κ1) is 13.1. The maximum absolute atomic E-state index is 5.66. The smallest absolute Gasteiger partial charge is 0.0719 e. The number of hydrazine groups is 1. The lowest BCUT2D eigenvalue weighted by atomic mass is 9.95. The molecule has 1 heterocycles. The largest absolute Gasteiger partial charge is 0.271 e. The van der Waals surface area contributed by atoms with Gasteiger partial charge >= 0.3 is 0 Å². The Morgan fingerprint density at radius 3 is 2.78 bits per heavy atom. The standard InChI is InChI=1S/C14H22N4/c1-4-10(2)12(16-15)9-13-11-7-5-6-8-14(11)18(3)17-13/h5-8,10,12,16H,4,9,15H2,1-3H3. The third-order valence-electron chi connectivity index (χ3n) is 3.79. The Morgan fingerprint density at radius 2 is 2.11 bits per heavy atom. The Balaban J connectivity index is 2.31. The molecule has 0 fully saturated rings. The predicted octanol–water partition coefficient (Wildman–Crippen LogP) is 1.99. The molecule has 0 spiro atoms. The van der Waals surface area contributed by atoms with Crippen molar-refractivity contribution in [1.29, 1.82) is 0 Å². The van der Waals surface area contributed by atoms with E-state index in [2.05, 4.69) is 42.6 Å². The van der Waals surface area contributed by atoms with Crippen molar-refractivity contribution >= 4 is 10.9 Å². The molecule has 0 aliphatic rings. The van der Waals surface area contributed by atoms with E-state index in [1.807, 2.05) is 17.8 Å². The molecule has 0 saturated heterocycles. The van der Waals surface area contributed by atoms with Crippen molar-refractivity contribution in [3.05, 3.63) is 30.0 Å². The normalized spacial score (nSPS) is 14.9. The molecular weight excluding hydrogens is 224 g/mol. The van der Waals surface area contributed by atoms with Gasteiger partial charge in [0.2, 0.25) is 0 Å². The van der Waals surface area contributed by atoms with Gasteiger partial charge in [-0.1, -0.05) is 38.5 Å². The number of aromatic nitrogens is 2. The number of nitrogens with one attached hydrogen (secondary N) is 1. The van der Waals surface area contributed by atoms with Crippen molar-refractivity contribution in [1.82, 2.24) is 15.2 Å². The van der Waals surface area contributed by atoms with E-state index in [9.17, 15) is 0 Å². The van der Waals surface area contributed by atoms with Gasteiger partial charge < -0.3 is 0 Å². The van der Waals surface area contributed by atoms with Gasteiger partial charge in [0.15, 0.2) is 0 Å². The highest BCUT2D eigenvalue weighted by molar-refractivity contribution is 5.81. The van der Waals surface area contributed by atoms with Crippen molar-refractivity contribution in [2.45, 2.75) is 32.7 Å². The minimum atomic E-state index is 0.272. The number of para-hydroxylation sites is 1. The lowest BCUT2D eigenvalue weighted by Crippen LogP contribution is -2.41. The molecule has 0 amide bonds. The van der Waals surface area contributed by atoms with Crippen molar-refractivity contribution in [2.75, 3.05) is 0 Å². The summed E-state index contributed by atoms with van der Waals surface area (Å²) in [5, 5.41) is 5.84. The van der Waals surface area contributed by atoms with Crippen LogP contribution >= 0.6 is 0 Å². The first-order chi connectivity index (χ1) is 8.67. The molecular formula is C14H22N4. The number of nitrogens with two attached hydrogens (primary N) is 1. The highest BCUT2D eigenvalue weighted by atomic mass is 15.3. The van der Waals surface area contributed by atoms with Crippen molar-refractivity contribution in [3.63, 3.8) is 0 Å². The maximum Gasteiger partial charge on any atom is 0.0719 e. The fourth-order valence-corrected chi connectivity index (χ4v) is 2.36. The monoisotopic (exact) mass is 246 g/mol. The zero-order valence-corrected chi connectivity index (χ0v) is 11.4. The van der Waals surface area contributed by atoms with E-state index in [-0.39, 0.29) is 6.04 Å². The number of aryl methyl sites for hydroxylation is 1. The van der Waals surface area contributed by atoms with Crippen molar-refractivity contribution < 1.29 is 0 Å². The van der Waals surface area contributed by atoms with Gasteiger partial charge in [-0.3, -0.25) is 16.0 Å². The number of hydrogen-bond donors (Lipinski definition) is 2. The number of rotatable bonds is 5. The van der Waals surface area contributed by atoms with Crippen LogP contribution in [0.1, 0.15) is 26.0 Å². The van der Waals surface area contributed by atoms with Crippen LogP contribution in [0.2, 0.25) is 0 Å². The molecule has 1 aromatic carbocycles. The van der Waals surface area contributed by atoms with Gasteiger partial charge in [0.05, 0.1) is 11.2 Å². The fourth-order valence-electron chi connectivity index (χ4n) is 2.36. The summed E-state index contributed by atoms with van der Waals surface area (Å²) in [5.74, 6) is 6.20. The fraction of sp³-hybridized carbons (Fsp3) is 0.500. The summed E-state index contributed by atoms with van der Waals surface area (Å²) < 4.78 is 1.94. The summed E-state index contributed by atoms with van der Waals surface area (Å²) in [4.78, 5) is 0. The van der Waals surface area contributed by atoms with E-state index < -0.39 is 0 Å². The summed E-state index contributed by atoms with van der Waals surface area (Å²) in [7, 11) is 1.99. The Kier molecular flexibility index (Phi) is 3.99. The van der Waals surface area contributed by atoms with Gasteiger partial charge in [0, 0.05) is 24.9 Å². The van der Waals surface area contributed by atoms with E-state index in [1.54, 1.807) is 0 Å². The second-order valence-electron chi connectivity index (χ2n) is 4.95. The zero-order chi connectivity index (χ0) is 13.1. The lowest BCUT2D eigenvalue weighted by Gasteiger charge is -2.21. The summed E-state index contributed by atoms with van der Waals surface area (Å²) in [6.07, 6.45) is 1.98. The van der Waals surface area contributed by atoms with Gasteiger partial charge in [-0.25, -0.2) is 0 Å². The van der Waals surface area contributed by atoms with E-state index in [4.69, 9.17) is 5.84 Å². The van der Waals surface area contributed by atoms with Crippen LogP contribution in [0.25, 0.3) is 10.9 Å². The predicted molar refractivity (Wildman–Crippen MR) is 75.0 cm³/mol. The van der Waals surface area contributed by atoms with E-state index >= 15 is 0 Å². The summed E-state index contributed by atoms with van der Waals surface area (Å²) >= 11 is 0. The number of benzene rings is 1. The van der Waals surface area contributed by atoms with Gasteiger partial charge in [-0.05, 0) is 12.0 Å². The first-order valence-electron chi connectivity index (χ1n) is 6.54. The highest BCUT2D eigenvalue weighted by Crippen LogP contribution is 2.20. The van der Waals surface area contributed by atoms with Crippen LogP contribution in [0, 0.1) is 5.92 Å². The quantitative estimate of drug-likeness (QED) is 0.626. The third kappa shape index (κ3) is 2.40. The average molecular weight is 246 g/mol. The van der Waals surface area contributed by atoms with Crippen LogP contribution in [0.15, 0.2) is 24.3 Å².